The van der Waals surface area contributed by atoms with Crippen LogP contribution in [0.2, 0.25) is 5.02 Å². The number of benzene rings is 1. The fourth-order valence-corrected chi connectivity index (χ4v) is 1.94. The van der Waals surface area contributed by atoms with E-state index in [2.05, 4.69) is 0 Å². The number of aryl methyl sites for hydroxylation is 1. The van der Waals surface area contributed by atoms with Gasteiger partial charge >= 0.3 is 5.97 Å². The van der Waals surface area contributed by atoms with Crippen LogP contribution in [0.5, 0.6) is 5.75 Å². The molecule has 3 N–H and O–H groups in total. The summed E-state index contributed by atoms with van der Waals surface area (Å²) in [5.41, 5.74) is 6.76. The lowest BCUT2D eigenvalue weighted by Crippen LogP contribution is -2.22. The molecular weight excluding hydrogens is 230 g/mol. The Morgan fingerprint density at radius 1 is 1.62 bits per heavy atom. The van der Waals surface area contributed by atoms with Crippen LogP contribution >= 0.6 is 11.6 Å². The average molecular weight is 244 g/mol. The van der Waals surface area contributed by atoms with Crippen LogP contribution in [-0.2, 0) is 4.79 Å². The fourth-order valence-electron chi connectivity index (χ4n) is 1.65. The van der Waals surface area contributed by atoms with Crippen molar-refractivity contribution in [1.29, 1.82) is 0 Å². The lowest BCUT2D eigenvalue weighted by Gasteiger charge is -2.16. The minimum Gasteiger partial charge on any atom is -0.496 e. The number of hydrogen-bond donors (Lipinski definition) is 2. The quantitative estimate of drug-likeness (QED) is 0.846. The van der Waals surface area contributed by atoms with Crippen LogP contribution in [0.4, 0.5) is 0 Å². The molecule has 0 aliphatic rings. The zero-order valence-corrected chi connectivity index (χ0v) is 9.91. The van der Waals surface area contributed by atoms with E-state index in [1.807, 2.05) is 6.92 Å². The molecule has 88 valence electrons. The van der Waals surface area contributed by atoms with Gasteiger partial charge in [-0.1, -0.05) is 11.6 Å². The van der Waals surface area contributed by atoms with E-state index in [0.29, 0.717) is 16.3 Å². The van der Waals surface area contributed by atoms with Crippen LogP contribution in [-0.4, -0.2) is 24.7 Å². The number of carboxylic acid groups (broad SMARTS) is 1. The number of nitrogens with two attached hydrogens (primary N) is 1. The first-order valence-electron chi connectivity index (χ1n) is 4.78. The summed E-state index contributed by atoms with van der Waals surface area (Å²) in [6, 6.07) is 3.30. The zero-order chi connectivity index (χ0) is 12.3. The molecule has 1 aromatic carbocycles. The van der Waals surface area contributed by atoms with Crippen molar-refractivity contribution in [2.75, 3.05) is 13.7 Å². The second kappa shape index (κ2) is 5.18. The standard InChI is InChI=1S/C11H14ClNO3/c1-6-3-7(12)4-8(10(6)16-2)9(5-13)11(14)15/h3-4,9H,5,13H2,1-2H3,(H,14,15). The van der Waals surface area contributed by atoms with E-state index < -0.39 is 11.9 Å². The molecule has 0 radical (unpaired) electrons. The SMILES string of the molecule is COc1c(C)cc(Cl)cc1C(CN)C(=O)O. The Balaban J connectivity index is 3.34. The van der Waals surface area contributed by atoms with Crippen LogP contribution in [0.1, 0.15) is 17.0 Å². The van der Waals surface area contributed by atoms with E-state index in [1.165, 1.54) is 7.11 Å². The van der Waals surface area contributed by atoms with Crippen molar-refractivity contribution in [2.24, 2.45) is 5.73 Å². The molecule has 0 spiro atoms. The maximum absolute atomic E-state index is 11.0. The maximum atomic E-state index is 11.0. The second-order valence-electron chi connectivity index (χ2n) is 3.47. The zero-order valence-electron chi connectivity index (χ0n) is 9.16. The molecule has 0 fully saturated rings. The lowest BCUT2D eigenvalue weighted by molar-refractivity contribution is -0.138. The highest BCUT2D eigenvalue weighted by Crippen LogP contribution is 2.32. The molecule has 0 aliphatic heterocycles. The number of aliphatic carboxylic acids is 1. The first kappa shape index (κ1) is 12.8. The maximum Gasteiger partial charge on any atom is 0.312 e. The Bertz CT molecular complexity index is 406. The summed E-state index contributed by atoms with van der Waals surface area (Å²) in [4.78, 5) is 11.0. The van der Waals surface area contributed by atoms with Gasteiger partial charge in [0.1, 0.15) is 5.75 Å². The molecular formula is C11H14ClNO3. The third-order valence-electron chi connectivity index (χ3n) is 2.38. The van der Waals surface area contributed by atoms with Crippen LogP contribution in [0, 0.1) is 6.92 Å². The average Bonchev–Trinajstić information content (AvgIpc) is 2.17. The molecule has 0 heterocycles. The Labute approximate surface area is 99.0 Å². The number of halogens is 1. The number of ether oxygens (including phenoxy) is 1. The Kier molecular flexibility index (Phi) is 4.15. The van der Waals surface area contributed by atoms with Crippen LogP contribution in [0.25, 0.3) is 0 Å². The topological polar surface area (TPSA) is 72.5 Å². The van der Waals surface area contributed by atoms with Gasteiger partial charge in [0, 0.05) is 17.1 Å². The Morgan fingerprint density at radius 2 is 2.25 bits per heavy atom. The van der Waals surface area contributed by atoms with Gasteiger partial charge in [0.2, 0.25) is 0 Å². The predicted octanol–water partition coefficient (Wildman–Crippen LogP) is 1.78. The molecule has 0 bridgehead atoms. The first-order chi connectivity index (χ1) is 7.51. The number of hydrogen-bond acceptors (Lipinski definition) is 3. The third kappa shape index (κ3) is 2.46. The molecule has 1 aromatic rings. The summed E-state index contributed by atoms with van der Waals surface area (Å²) in [5.74, 6) is -1.25. The number of carbonyl (C=O) groups is 1. The molecule has 16 heavy (non-hydrogen) atoms. The molecule has 0 saturated carbocycles. The van der Waals surface area contributed by atoms with Crippen molar-refractivity contribution in [3.05, 3.63) is 28.3 Å². The number of carboxylic acids is 1. The predicted molar refractivity (Wildman–Crippen MR) is 62.2 cm³/mol. The highest BCUT2D eigenvalue weighted by molar-refractivity contribution is 6.30. The largest absolute Gasteiger partial charge is 0.496 e. The summed E-state index contributed by atoms with van der Waals surface area (Å²) in [6.45, 7) is 1.81. The number of methoxy groups -OCH3 is 1. The van der Waals surface area contributed by atoms with Crippen LogP contribution in [0.15, 0.2) is 12.1 Å². The van der Waals surface area contributed by atoms with Crippen molar-refractivity contribution in [3.63, 3.8) is 0 Å². The van der Waals surface area contributed by atoms with Gasteiger partial charge < -0.3 is 15.6 Å². The van der Waals surface area contributed by atoms with Gasteiger partial charge in [-0.3, -0.25) is 4.79 Å². The third-order valence-corrected chi connectivity index (χ3v) is 2.60. The lowest BCUT2D eigenvalue weighted by atomic mass is 9.96. The van der Waals surface area contributed by atoms with Gasteiger partial charge in [-0.25, -0.2) is 0 Å². The van der Waals surface area contributed by atoms with Crippen molar-refractivity contribution in [3.8, 4) is 5.75 Å². The second-order valence-corrected chi connectivity index (χ2v) is 3.91. The van der Waals surface area contributed by atoms with E-state index in [1.54, 1.807) is 12.1 Å². The van der Waals surface area contributed by atoms with Crippen molar-refractivity contribution < 1.29 is 14.6 Å². The molecule has 0 aliphatic carbocycles. The van der Waals surface area contributed by atoms with Crippen molar-refractivity contribution in [2.45, 2.75) is 12.8 Å². The minimum absolute atomic E-state index is 0.00543. The first-order valence-corrected chi connectivity index (χ1v) is 5.16. The molecule has 0 amide bonds. The smallest absolute Gasteiger partial charge is 0.312 e. The van der Waals surface area contributed by atoms with Gasteiger partial charge in [0.15, 0.2) is 0 Å². The Morgan fingerprint density at radius 3 is 2.69 bits per heavy atom. The summed E-state index contributed by atoms with van der Waals surface area (Å²) in [7, 11) is 1.50. The summed E-state index contributed by atoms with van der Waals surface area (Å²) < 4.78 is 5.19. The fraction of sp³-hybridized carbons (Fsp3) is 0.364. The molecule has 1 atom stereocenters. The molecule has 1 unspecified atom stereocenters. The number of rotatable bonds is 4. The highest BCUT2D eigenvalue weighted by atomic mass is 35.5. The monoisotopic (exact) mass is 243 g/mol. The van der Waals surface area contributed by atoms with E-state index in [9.17, 15) is 4.79 Å². The van der Waals surface area contributed by atoms with Crippen molar-refractivity contribution >= 4 is 17.6 Å². The van der Waals surface area contributed by atoms with E-state index in [0.717, 1.165) is 5.56 Å². The van der Waals surface area contributed by atoms with Gasteiger partial charge in [-0.2, -0.15) is 0 Å². The van der Waals surface area contributed by atoms with E-state index in [-0.39, 0.29) is 6.54 Å². The summed E-state index contributed by atoms with van der Waals surface area (Å²) in [6.07, 6.45) is 0. The van der Waals surface area contributed by atoms with Gasteiger partial charge in [0.05, 0.1) is 13.0 Å². The minimum atomic E-state index is -0.984. The molecule has 5 heteroatoms. The summed E-state index contributed by atoms with van der Waals surface area (Å²) in [5, 5.41) is 9.53. The summed E-state index contributed by atoms with van der Waals surface area (Å²) >= 11 is 5.90. The molecule has 0 aromatic heterocycles. The molecule has 0 saturated heterocycles. The van der Waals surface area contributed by atoms with Crippen LogP contribution in [0.3, 0.4) is 0 Å². The van der Waals surface area contributed by atoms with Gasteiger partial charge in [0.25, 0.3) is 0 Å². The Hall–Kier alpha value is -1.26. The van der Waals surface area contributed by atoms with E-state index >= 15 is 0 Å². The van der Waals surface area contributed by atoms with Gasteiger partial charge in [-0.15, -0.1) is 0 Å². The normalized spacial score (nSPS) is 12.2. The highest BCUT2D eigenvalue weighted by Gasteiger charge is 2.23. The van der Waals surface area contributed by atoms with Crippen LogP contribution < -0.4 is 10.5 Å². The molecule has 4 nitrogen and oxygen atoms in total. The van der Waals surface area contributed by atoms with E-state index in [4.69, 9.17) is 27.2 Å². The van der Waals surface area contributed by atoms with Gasteiger partial charge in [-0.05, 0) is 24.6 Å². The molecule has 1 rings (SSSR count). The van der Waals surface area contributed by atoms with Crippen molar-refractivity contribution in [1.82, 2.24) is 0 Å².